The fourth-order valence-electron chi connectivity index (χ4n) is 4.11. The van der Waals surface area contributed by atoms with Crippen LogP contribution in [0.2, 0.25) is 0 Å². The number of fused-ring (bicyclic) bond motifs is 3. The summed E-state index contributed by atoms with van der Waals surface area (Å²) in [6, 6.07) is 14.4. The van der Waals surface area contributed by atoms with Gasteiger partial charge in [0.1, 0.15) is 16.3 Å². The molecule has 0 saturated heterocycles. The molecule has 1 atom stereocenters. The number of hydrogen-bond donors (Lipinski definition) is 0. The monoisotopic (exact) mass is 425 g/mol. The number of thiophene rings is 1. The maximum absolute atomic E-state index is 5.81. The fourth-order valence-corrected chi connectivity index (χ4v) is 5.51. The van der Waals surface area contributed by atoms with E-state index in [9.17, 15) is 0 Å². The molecule has 0 radical (unpaired) electrons. The van der Waals surface area contributed by atoms with E-state index < -0.39 is 0 Å². The molecule has 0 N–H and O–H groups in total. The minimum absolute atomic E-state index is 0. The molecule has 1 aromatic carbocycles. The molecule has 29 heavy (non-hydrogen) atoms. The van der Waals surface area contributed by atoms with Gasteiger partial charge < -0.3 is 9.15 Å². The molecule has 0 fully saturated rings. The molecule has 0 aliphatic heterocycles. The van der Waals surface area contributed by atoms with E-state index in [4.69, 9.17) is 14.1 Å². The van der Waals surface area contributed by atoms with Crippen LogP contribution >= 0.6 is 23.7 Å². The van der Waals surface area contributed by atoms with Crippen LogP contribution in [0.4, 0.5) is 0 Å². The number of halogens is 1. The highest BCUT2D eigenvalue weighted by molar-refractivity contribution is 7.19. The second-order valence-electron chi connectivity index (χ2n) is 7.52. The summed E-state index contributed by atoms with van der Waals surface area (Å²) in [7, 11) is 0. The van der Waals surface area contributed by atoms with Crippen molar-refractivity contribution in [3.05, 3.63) is 59.2 Å². The third-order valence-corrected chi connectivity index (χ3v) is 6.66. The molecule has 0 amide bonds. The molecule has 1 aliphatic carbocycles. The molecule has 1 unspecified atom stereocenters. The first-order valence-electron chi connectivity index (χ1n) is 9.95. The number of rotatable bonds is 4. The predicted molar refractivity (Wildman–Crippen MR) is 122 cm³/mol. The van der Waals surface area contributed by atoms with Gasteiger partial charge in [-0.15, -0.1) is 23.7 Å². The smallest absolute Gasteiger partial charge is 0.134 e. The van der Waals surface area contributed by atoms with E-state index in [2.05, 4.69) is 25.1 Å². The Hall–Kier alpha value is -2.30. The number of nitrogens with zero attached hydrogens (tertiary/aromatic N) is 1. The summed E-state index contributed by atoms with van der Waals surface area (Å²) in [5.74, 6) is 2.55. The van der Waals surface area contributed by atoms with Gasteiger partial charge in [-0.25, -0.2) is 4.98 Å². The van der Waals surface area contributed by atoms with Gasteiger partial charge in [-0.2, -0.15) is 0 Å². The first-order valence-corrected chi connectivity index (χ1v) is 10.8. The molecule has 0 saturated carbocycles. The van der Waals surface area contributed by atoms with Crippen molar-refractivity contribution in [1.82, 2.24) is 4.98 Å². The topological polar surface area (TPSA) is 35.3 Å². The Labute approximate surface area is 181 Å². The van der Waals surface area contributed by atoms with Gasteiger partial charge >= 0.3 is 0 Å². The third-order valence-electron chi connectivity index (χ3n) is 5.51. The van der Waals surface area contributed by atoms with Crippen LogP contribution in [-0.4, -0.2) is 11.6 Å². The molecule has 3 nitrogen and oxygen atoms in total. The molecule has 4 aromatic rings. The van der Waals surface area contributed by atoms with E-state index in [0.29, 0.717) is 6.61 Å². The van der Waals surface area contributed by atoms with Crippen LogP contribution in [0.25, 0.3) is 32.8 Å². The van der Waals surface area contributed by atoms with Gasteiger partial charge in [-0.3, -0.25) is 0 Å². The quantitative estimate of drug-likeness (QED) is 0.347. The Bertz CT molecular complexity index is 1120. The highest BCUT2D eigenvalue weighted by Crippen LogP contribution is 2.43. The van der Waals surface area contributed by atoms with E-state index in [-0.39, 0.29) is 12.4 Å². The van der Waals surface area contributed by atoms with Crippen molar-refractivity contribution < 1.29 is 9.15 Å². The van der Waals surface area contributed by atoms with Gasteiger partial charge in [-0.1, -0.05) is 6.92 Å². The van der Waals surface area contributed by atoms with Crippen molar-refractivity contribution in [2.24, 2.45) is 5.92 Å². The second kappa shape index (κ2) is 8.21. The maximum Gasteiger partial charge on any atom is 0.134 e. The average Bonchev–Trinajstić information content (AvgIpc) is 3.35. The molecule has 1 aliphatic rings. The van der Waals surface area contributed by atoms with Crippen molar-refractivity contribution in [3.63, 3.8) is 0 Å². The molecule has 3 heterocycles. The van der Waals surface area contributed by atoms with Crippen molar-refractivity contribution in [3.8, 4) is 28.3 Å². The molecule has 0 bridgehead atoms. The minimum atomic E-state index is 0. The van der Waals surface area contributed by atoms with Crippen LogP contribution in [0.3, 0.4) is 0 Å². The second-order valence-corrected chi connectivity index (χ2v) is 8.61. The number of aryl methyl sites for hydroxylation is 1. The molecular weight excluding hydrogens is 402 g/mol. The number of furan rings is 1. The Kier molecular flexibility index (Phi) is 5.66. The number of benzene rings is 1. The number of ether oxygens (including phenoxy) is 1. The Balaban J connectivity index is 0.00000205. The van der Waals surface area contributed by atoms with Gasteiger partial charge in [-0.05, 0) is 80.1 Å². The molecule has 150 valence electrons. The van der Waals surface area contributed by atoms with E-state index in [0.717, 1.165) is 51.9 Å². The highest BCUT2D eigenvalue weighted by atomic mass is 35.5. The van der Waals surface area contributed by atoms with Gasteiger partial charge in [0.25, 0.3) is 0 Å². The minimum Gasteiger partial charge on any atom is -0.494 e. The number of aromatic nitrogens is 1. The molecule has 5 heteroatoms. The lowest BCUT2D eigenvalue weighted by Gasteiger charge is -2.18. The summed E-state index contributed by atoms with van der Waals surface area (Å²) in [5, 5.41) is 1.29. The summed E-state index contributed by atoms with van der Waals surface area (Å²) >= 11 is 1.86. The molecular formula is C24H24ClNO2S. The van der Waals surface area contributed by atoms with Gasteiger partial charge in [0, 0.05) is 21.4 Å². The first-order chi connectivity index (χ1) is 13.7. The summed E-state index contributed by atoms with van der Waals surface area (Å²) < 4.78 is 11.4. The van der Waals surface area contributed by atoms with Crippen molar-refractivity contribution in [2.45, 2.75) is 33.1 Å². The average molecular weight is 426 g/mol. The summed E-state index contributed by atoms with van der Waals surface area (Å²) in [4.78, 5) is 7.68. The van der Waals surface area contributed by atoms with E-state index in [1.54, 1.807) is 6.26 Å². The van der Waals surface area contributed by atoms with E-state index >= 15 is 0 Å². The van der Waals surface area contributed by atoms with Crippen molar-refractivity contribution >= 4 is 34.0 Å². The van der Waals surface area contributed by atoms with Gasteiger partial charge in [0.2, 0.25) is 0 Å². The van der Waals surface area contributed by atoms with Crippen LogP contribution in [0.15, 0.2) is 53.1 Å². The Morgan fingerprint density at radius 2 is 2.03 bits per heavy atom. The normalized spacial score (nSPS) is 15.7. The van der Waals surface area contributed by atoms with E-state index in [1.165, 1.54) is 22.2 Å². The molecule has 0 spiro atoms. The zero-order valence-electron chi connectivity index (χ0n) is 16.6. The Morgan fingerprint density at radius 1 is 1.21 bits per heavy atom. The lowest BCUT2D eigenvalue weighted by atomic mass is 9.88. The number of hydrogen-bond acceptors (Lipinski definition) is 4. The zero-order chi connectivity index (χ0) is 19.1. The summed E-state index contributed by atoms with van der Waals surface area (Å²) in [6.07, 6.45) is 5.29. The third kappa shape index (κ3) is 3.67. The van der Waals surface area contributed by atoms with Crippen molar-refractivity contribution in [2.75, 3.05) is 6.61 Å². The molecule has 5 rings (SSSR count). The van der Waals surface area contributed by atoms with Gasteiger partial charge in [0.05, 0.1) is 18.6 Å². The van der Waals surface area contributed by atoms with Crippen LogP contribution in [0.1, 0.15) is 30.7 Å². The predicted octanol–water partition coefficient (Wildman–Crippen LogP) is 7.17. The van der Waals surface area contributed by atoms with Crippen LogP contribution in [0.5, 0.6) is 5.75 Å². The summed E-state index contributed by atoms with van der Waals surface area (Å²) in [6.45, 7) is 5.02. The van der Waals surface area contributed by atoms with Crippen molar-refractivity contribution in [1.29, 1.82) is 0 Å². The largest absolute Gasteiger partial charge is 0.494 e. The van der Waals surface area contributed by atoms with Crippen LogP contribution in [0, 0.1) is 5.92 Å². The SMILES string of the molecule is CCOc1ccc(-c2cc(-c3ccco3)c3c4c(sc3n2)CC(C)CC4)cc1.Cl. The Morgan fingerprint density at radius 3 is 2.76 bits per heavy atom. The summed E-state index contributed by atoms with van der Waals surface area (Å²) in [5.41, 5.74) is 4.72. The standard InChI is InChI=1S/C24H23NO2S.ClH/c1-3-26-17-9-7-16(8-10-17)20-14-19(21-5-4-12-27-21)23-18-11-6-15(2)13-22(18)28-24(23)25-20;/h4-5,7-10,12,14-15H,3,6,11,13H2,1-2H3;1H. The maximum atomic E-state index is 5.81. The molecule has 3 aromatic heterocycles. The lowest BCUT2D eigenvalue weighted by molar-refractivity contribution is 0.340. The highest BCUT2D eigenvalue weighted by Gasteiger charge is 2.24. The zero-order valence-corrected chi connectivity index (χ0v) is 18.2. The van der Waals surface area contributed by atoms with Crippen LogP contribution < -0.4 is 4.74 Å². The lowest BCUT2D eigenvalue weighted by Crippen LogP contribution is -2.08. The fraction of sp³-hybridized carbons (Fsp3) is 0.292. The van der Waals surface area contributed by atoms with Crippen LogP contribution in [-0.2, 0) is 12.8 Å². The van der Waals surface area contributed by atoms with Gasteiger partial charge in [0.15, 0.2) is 0 Å². The van der Waals surface area contributed by atoms with E-state index in [1.807, 2.05) is 42.5 Å². The number of pyridine rings is 1. The first kappa shape index (κ1) is 20.0.